The molecule has 1 saturated carbocycles. The molecule has 19 heavy (non-hydrogen) atoms. The van der Waals surface area contributed by atoms with E-state index in [0.717, 1.165) is 32.4 Å². The topological polar surface area (TPSA) is 58.4 Å². The van der Waals surface area contributed by atoms with E-state index in [0.29, 0.717) is 11.8 Å². The number of nitrogens with zero attached hydrogens (tertiary/aromatic N) is 1. The van der Waals surface area contributed by atoms with Crippen molar-refractivity contribution in [2.75, 3.05) is 26.7 Å². The van der Waals surface area contributed by atoms with Crippen molar-refractivity contribution in [1.82, 2.24) is 10.2 Å². The van der Waals surface area contributed by atoms with Crippen LogP contribution in [-0.2, 0) is 4.79 Å². The molecule has 3 N–H and O–H groups in total. The number of hydrogen-bond acceptors (Lipinski definition) is 3. The Hall–Kier alpha value is -0.610. The zero-order valence-electron chi connectivity index (χ0n) is 12.4. The molecule has 0 aromatic rings. The molecule has 2 rings (SSSR count). The van der Waals surface area contributed by atoms with E-state index < -0.39 is 0 Å². The fourth-order valence-electron chi connectivity index (χ4n) is 3.49. The molecule has 4 unspecified atom stereocenters. The highest BCUT2D eigenvalue weighted by Crippen LogP contribution is 2.28. The highest BCUT2D eigenvalue weighted by Gasteiger charge is 2.29. The van der Waals surface area contributed by atoms with Gasteiger partial charge >= 0.3 is 0 Å². The Morgan fingerprint density at radius 2 is 2.16 bits per heavy atom. The Kier molecular flexibility index (Phi) is 5.22. The molecular weight excluding hydrogens is 238 g/mol. The lowest BCUT2D eigenvalue weighted by atomic mass is 9.79. The minimum absolute atomic E-state index is 0.191. The molecule has 1 saturated heterocycles. The van der Waals surface area contributed by atoms with Crippen LogP contribution in [0.25, 0.3) is 0 Å². The van der Waals surface area contributed by atoms with Crippen LogP contribution in [0.1, 0.15) is 39.0 Å². The number of nitrogens with one attached hydrogen (secondary N) is 1. The average Bonchev–Trinajstić information content (AvgIpc) is 2.39. The van der Waals surface area contributed by atoms with Crippen LogP contribution in [0.3, 0.4) is 0 Å². The van der Waals surface area contributed by atoms with E-state index >= 15 is 0 Å². The highest BCUT2D eigenvalue weighted by atomic mass is 16.1. The van der Waals surface area contributed by atoms with E-state index in [1.165, 1.54) is 19.4 Å². The number of carbonyl (C=O) groups is 1. The Labute approximate surface area is 117 Å². The number of amides is 1. The van der Waals surface area contributed by atoms with Gasteiger partial charge in [0.1, 0.15) is 0 Å². The number of hydrogen-bond donors (Lipinski definition) is 2. The van der Waals surface area contributed by atoms with Gasteiger partial charge in [0.05, 0.1) is 0 Å². The quantitative estimate of drug-likeness (QED) is 0.808. The van der Waals surface area contributed by atoms with Gasteiger partial charge < -0.3 is 16.0 Å². The van der Waals surface area contributed by atoms with Crippen molar-refractivity contribution in [2.24, 2.45) is 23.5 Å². The van der Waals surface area contributed by atoms with Crippen LogP contribution in [0.15, 0.2) is 0 Å². The fourth-order valence-corrected chi connectivity index (χ4v) is 3.49. The van der Waals surface area contributed by atoms with Crippen LogP contribution in [0.5, 0.6) is 0 Å². The Balaban J connectivity index is 1.72. The normalized spacial score (nSPS) is 37.0. The van der Waals surface area contributed by atoms with Crippen LogP contribution in [0.2, 0.25) is 0 Å². The van der Waals surface area contributed by atoms with Gasteiger partial charge in [-0.3, -0.25) is 4.79 Å². The summed E-state index contributed by atoms with van der Waals surface area (Å²) in [5.74, 6) is 1.55. The van der Waals surface area contributed by atoms with Crippen LogP contribution in [0.4, 0.5) is 0 Å². The van der Waals surface area contributed by atoms with E-state index in [1.807, 2.05) is 0 Å². The number of likely N-dealkylation sites (tertiary alicyclic amines) is 1. The third-order valence-electron chi connectivity index (χ3n) is 4.89. The minimum atomic E-state index is 0.191. The van der Waals surface area contributed by atoms with Gasteiger partial charge in [-0.25, -0.2) is 0 Å². The van der Waals surface area contributed by atoms with Crippen molar-refractivity contribution in [3.63, 3.8) is 0 Å². The number of carbonyl (C=O) groups excluding carboxylic acids is 1. The molecule has 0 radical (unpaired) electrons. The first kappa shape index (κ1) is 14.8. The van der Waals surface area contributed by atoms with Crippen molar-refractivity contribution < 1.29 is 4.79 Å². The van der Waals surface area contributed by atoms with Gasteiger partial charge in [0.2, 0.25) is 5.91 Å². The molecule has 1 aliphatic carbocycles. The van der Waals surface area contributed by atoms with Crippen molar-refractivity contribution in [3.05, 3.63) is 0 Å². The first-order valence-corrected chi connectivity index (χ1v) is 7.78. The summed E-state index contributed by atoms with van der Waals surface area (Å²) in [5.41, 5.74) is 6.01. The highest BCUT2D eigenvalue weighted by molar-refractivity contribution is 5.78. The lowest BCUT2D eigenvalue weighted by Gasteiger charge is -2.32. The summed E-state index contributed by atoms with van der Waals surface area (Å²) in [4.78, 5) is 14.6. The Morgan fingerprint density at radius 1 is 1.37 bits per heavy atom. The van der Waals surface area contributed by atoms with Gasteiger partial charge in [0.25, 0.3) is 0 Å². The van der Waals surface area contributed by atoms with E-state index in [-0.39, 0.29) is 17.9 Å². The zero-order chi connectivity index (χ0) is 13.8. The number of piperidine rings is 1. The van der Waals surface area contributed by atoms with E-state index in [1.54, 1.807) is 0 Å². The molecular formula is C15H29N3O. The summed E-state index contributed by atoms with van der Waals surface area (Å²) >= 11 is 0. The third kappa shape index (κ3) is 4.18. The largest absolute Gasteiger partial charge is 0.356 e. The molecule has 1 aliphatic heterocycles. The maximum absolute atomic E-state index is 12.2. The smallest absolute Gasteiger partial charge is 0.223 e. The van der Waals surface area contributed by atoms with Gasteiger partial charge in [-0.1, -0.05) is 6.92 Å². The van der Waals surface area contributed by atoms with E-state index in [2.05, 4.69) is 24.2 Å². The Morgan fingerprint density at radius 3 is 2.84 bits per heavy atom. The predicted octanol–water partition coefficient (Wildman–Crippen LogP) is 1.21. The van der Waals surface area contributed by atoms with Crippen molar-refractivity contribution in [2.45, 2.75) is 45.1 Å². The molecule has 0 spiro atoms. The molecule has 1 amide bonds. The SMILES string of the molecule is CC1CC(C(=O)NCC2CCCN(C)C2)CCC1N. The summed E-state index contributed by atoms with van der Waals surface area (Å²) in [6.45, 7) is 5.33. The number of rotatable bonds is 3. The molecule has 0 aromatic heterocycles. The molecule has 4 atom stereocenters. The van der Waals surface area contributed by atoms with Gasteiger partial charge in [0.15, 0.2) is 0 Å². The molecule has 2 aliphatic rings. The van der Waals surface area contributed by atoms with Crippen molar-refractivity contribution in [3.8, 4) is 0 Å². The van der Waals surface area contributed by atoms with Crippen molar-refractivity contribution >= 4 is 5.91 Å². The standard InChI is InChI=1S/C15H29N3O/c1-11-8-13(5-6-14(11)16)15(19)17-9-12-4-3-7-18(2)10-12/h11-14H,3-10,16H2,1-2H3,(H,17,19). The van der Waals surface area contributed by atoms with Crippen LogP contribution >= 0.6 is 0 Å². The first-order chi connectivity index (χ1) is 9.06. The molecule has 4 nitrogen and oxygen atoms in total. The molecule has 4 heteroatoms. The van der Waals surface area contributed by atoms with Gasteiger partial charge in [-0.05, 0) is 57.5 Å². The predicted molar refractivity (Wildman–Crippen MR) is 77.7 cm³/mol. The molecule has 110 valence electrons. The summed E-state index contributed by atoms with van der Waals surface area (Å²) in [6, 6.07) is 0.288. The maximum atomic E-state index is 12.2. The molecule has 1 heterocycles. The minimum Gasteiger partial charge on any atom is -0.356 e. The van der Waals surface area contributed by atoms with Gasteiger partial charge in [-0.15, -0.1) is 0 Å². The number of nitrogens with two attached hydrogens (primary N) is 1. The van der Waals surface area contributed by atoms with E-state index in [4.69, 9.17) is 5.73 Å². The molecule has 0 bridgehead atoms. The van der Waals surface area contributed by atoms with Crippen LogP contribution in [0, 0.1) is 17.8 Å². The second-order valence-corrected chi connectivity index (χ2v) is 6.67. The van der Waals surface area contributed by atoms with Gasteiger partial charge in [-0.2, -0.15) is 0 Å². The average molecular weight is 267 g/mol. The van der Waals surface area contributed by atoms with Gasteiger partial charge in [0, 0.05) is 25.0 Å². The third-order valence-corrected chi connectivity index (χ3v) is 4.89. The van der Waals surface area contributed by atoms with Crippen LogP contribution in [-0.4, -0.2) is 43.5 Å². The Bertz CT molecular complexity index is 308. The lowest BCUT2D eigenvalue weighted by Crippen LogP contribution is -2.43. The second kappa shape index (κ2) is 6.71. The molecule has 0 aromatic carbocycles. The van der Waals surface area contributed by atoms with Crippen LogP contribution < -0.4 is 11.1 Å². The summed E-state index contributed by atoms with van der Waals surface area (Å²) in [6.07, 6.45) is 5.41. The molecule has 2 fully saturated rings. The fraction of sp³-hybridized carbons (Fsp3) is 0.933. The monoisotopic (exact) mass is 267 g/mol. The van der Waals surface area contributed by atoms with E-state index in [9.17, 15) is 4.79 Å². The maximum Gasteiger partial charge on any atom is 0.223 e. The van der Waals surface area contributed by atoms with Crippen molar-refractivity contribution in [1.29, 1.82) is 0 Å². The summed E-state index contributed by atoms with van der Waals surface area (Å²) in [7, 11) is 2.16. The summed E-state index contributed by atoms with van der Waals surface area (Å²) < 4.78 is 0. The summed E-state index contributed by atoms with van der Waals surface area (Å²) in [5, 5.41) is 3.17. The second-order valence-electron chi connectivity index (χ2n) is 6.67. The zero-order valence-corrected chi connectivity index (χ0v) is 12.4. The lowest BCUT2D eigenvalue weighted by molar-refractivity contribution is -0.126. The first-order valence-electron chi connectivity index (χ1n) is 7.78.